The van der Waals surface area contributed by atoms with Crippen LogP contribution in [0, 0.1) is 20.8 Å². The predicted octanol–water partition coefficient (Wildman–Crippen LogP) is 4.26. The van der Waals surface area contributed by atoms with E-state index in [1.165, 1.54) is 4.88 Å². The average Bonchev–Trinajstić information content (AvgIpc) is 3.25. The van der Waals surface area contributed by atoms with Gasteiger partial charge in [-0.05, 0) is 52.3 Å². The molecule has 34 heavy (non-hydrogen) atoms. The number of thiophene rings is 1. The second-order valence-corrected chi connectivity index (χ2v) is 10.1. The van der Waals surface area contributed by atoms with E-state index < -0.39 is 12.0 Å². The summed E-state index contributed by atoms with van der Waals surface area (Å²) >= 11 is 7.78. The van der Waals surface area contributed by atoms with E-state index in [9.17, 15) is 9.59 Å². The summed E-state index contributed by atoms with van der Waals surface area (Å²) in [5.74, 6) is 0.497. The number of rotatable bonds is 6. The van der Waals surface area contributed by atoms with Crippen LogP contribution in [0.5, 0.6) is 0 Å². The van der Waals surface area contributed by atoms with Crippen LogP contribution in [-0.4, -0.2) is 45.0 Å². The van der Waals surface area contributed by atoms with Crippen LogP contribution in [0.4, 0.5) is 0 Å². The molecule has 1 atom stereocenters. The standard InChI is InChI=1S/C24H26ClN5O3S/c1-12(2)33-20(32)11-26-19(31)10-18-23-29-28-15(5)30(23)24-21(13(3)14(4)34-24)22(27-18)16-6-8-17(25)9-7-16/h6-9,12,18H,10-11H2,1-5H3,(H,26,31)/t18-/m0/s1. The van der Waals surface area contributed by atoms with Gasteiger partial charge in [-0.15, -0.1) is 21.5 Å². The number of amides is 1. The Kier molecular flexibility index (Phi) is 6.86. The summed E-state index contributed by atoms with van der Waals surface area (Å²) in [6.07, 6.45) is -0.234. The Morgan fingerprint density at radius 3 is 2.56 bits per heavy atom. The minimum absolute atomic E-state index is 0.0111. The van der Waals surface area contributed by atoms with E-state index in [0.717, 1.165) is 33.2 Å². The number of nitrogens with zero attached hydrogens (tertiary/aromatic N) is 4. The molecule has 0 saturated carbocycles. The van der Waals surface area contributed by atoms with Gasteiger partial charge in [0.2, 0.25) is 5.91 Å². The normalized spacial score (nSPS) is 14.8. The Hall–Kier alpha value is -3.04. The lowest BCUT2D eigenvalue weighted by atomic mass is 9.99. The molecule has 3 aromatic rings. The van der Waals surface area contributed by atoms with Crippen molar-refractivity contribution in [3.63, 3.8) is 0 Å². The van der Waals surface area contributed by atoms with Crippen LogP contribution >= 0.6 is 22.9 Å². The number of carbonyl (C=O) groups is 2. The first-order valence-electron chi connectivity index (χ1n) is 11.0. The van der Waals surface area contributed by atoms with Crippen LogP contribution in [0.3, 0.4) is 0 Å². The zero-order chi connectivity index (χ0) is 24.6. The van der Waals surface area contributed by atoms with Gasteiger partial charge in [-0.25, -0.2) is 0 Å². The lowest BCUT2D eigenvalue weighted by Crippen LogP contribution is -2.32. The Balaban J connectivity index is 1.75. The number of aromatic nitrogens is 3. The SMILES string of the molecule is Cc1sc2c(c1C)C(c1ccc(Cl)cc1)=N[C@@H](CC(=O)NCC(=O)OC(C)C)c1nnc(C)n1-2. The van der Waals surface area contributed by atoms with Crippen molar-refractivity contribution in [1.29, 1.82) is 0 Å². The highest BCUT2D eigenvalue weighted by Crippen LogP contribution is 2.39. The van der Waals surface area contributed by atoms with E-state index >= 15 is 0 Å². The van der Waals surface area contributed by atoms with Gasteiger partial charge in [0.05, 0.1) is 18.2 Å². The predicted molar refractivity (Wildman–Crippen MR) is 132 cm³/mol. The number of fused-ring (bicyclic) bond motifs is 3. The van der Waals surface area contributed by atoms with Crippen LogP contribution < -0.4 is 5.32 Å². The van der Waals surface area contributed by atoms with E-state index in [0.29, 0.717) is 10.8 Å². The van der Waals surface area contributed by atoms with Gasteiger partial charge < -0.3 is 10.1 Å². The molecule has 4 rings (SSSR count). The quantitative estimate of drug-likeness (QED) is 0.511. The molecule has 0 saturated heterocycles. The molecule has 0 radical (unpaired) electrons. The van der Waals surface area contributed by atoms with Crippen molar-refractivity contribution in [3.8, 4) is 5.00 Å². The highest BCUT2D eigenvalue weighted by atomic mass is 35.5. The van der Waals surface area contributed by atoms with Crippen LogP contribution in [0.15, 0.2) is 29.3 Å². The van der Waals surface area contributed by atoms with Gasteiger partial charge in [-0.1, -0.05) is 23.7 Å². The number of hydrogen-bond acceptors (Lipinski definition) is 7. The van der Waals surface area contributed by atoms with Crippen molar-refractivity contribution in [2.75, 3.05) is 6.54 Å². The van der Waals surface area contributed by atoms with Gasteiger partial charge >= 0.3 is 5.97 Å². The van der Waals surface area contributed by atoms with E-state index in [2.05, 4.69) is 29.4 Å². The molecule has 2 aromatic heterocycles. The Morgan fingerprint density at radius 2 is 1.88 bits per heavy atom. The molecule has 178 valence electrons. The summed E-state index contributed by atoms with van der Waals surface area (Å²) in [7, 11) is 0. The first-order chi connectivity index (χ1) is 16.2. The number of nitrogens with one attached hydrogen (secondary N) is 1. The summed E-state index contributed by atoms with van der Waals surface area (Å²) in [5.41, 5.74) is 3.79. The zero-order valence-corrected chi connectivity index (χ0v) is 21.3. The topological polar surface area (TPSA) is 98.5 Å². The van der Waals surface area contributed by atoms with Crippen molar-refractivity contribution in [2.45, 2.75) is 53.2 Å². The molecule has 0 bridgehead atoms. The van der Waals surface area contributed by atoms with Crippen molar-refractivity contribution < 1.29 is 14.3 Å². The first-order valence-corrected chi connectivity index (χ1v) is 12.2. The minimum atomic E-state index is -0.590. The molecule has 1 aliphatic heterocycles. The van der Waals surface area contributed by atoms with E-state index in [-0.39, 0.29) is 25.0 Å². The molecule has 1 amide bonds. The highest BCUT2D eigenvalue weighted by molar-refractivity contribution is 7.15. The van der Waals surface area contributed by atoms with Gasteiger partial charge in [0, 0.05) is 21.0 Å². The van der Waals surface area contributed by atoms with Crippen molar-refractivity contribution in [1.82, 2.24) is 20.1 Å². The number of ether oxygens (including phenoxy) is 1. The Morgan fingerprint density at radius 1 is 1.18 bits per heavy atom. The third-order valence-corrected chi connectivity index (χ3v) is 6.98. The number of hydrogen-bond donors (Lipinski definition) is 1. The van der Waals surface area contributed by atoms with E-state index in [1.807, 2.05) is 35.8 Å². The molecule has 0 unspecified atom stereocenters. The van der Waals surface area contributed by atoms with E-state index in [4.69, 9.17) is 21.3 Å². The Bertz CT molecular complexity index is 1280. The number of benzene rings is 1. The van der Waals surface area contributed by atoms with Crippen molar-refractivity contribution >= 4 is 40.5 Å². The van der Waals surface area contributed by atoms with E-state index in [1.54, 1.807) is 25.2 Å². The zero-order valence-electron chi connectivity index (χ0n) is 19.7. The molecule has 10 heteroatoms. The summed E-state index contributed by atoms with van der Waals surface area (Å²) in [5, 5.41) is 12.9. The molecular formula is C24H26ClN5O3S. The van der Waals surface area contributed by atoms with Crippen molar-refractivity contribution in [3.05, 3.63) is 62.5 Å². The fraction of sp³-hybridized carbons (Fsp3) is 0.375. The summed E-state index contributed by atoms with van der Waals surface area (Å²) in [6, 6.07) is 6.91. The third kappa shape index (κ3) is 4.76. The highest BCUT2D eigenvalue weighted by Gasteiger charge is 2.32. The first kappa shape index (κ1) is 24.1. The van der Waals surface area contributed by atoms with Crippen LogP contribution in [0.2, 0.25) is 5.02 Å². The largest absolute Gasteiger partial charge is 0.462 e. The maximum absolute atomic E-state index is 12.8. The maximum atomic E-state index is 12.8. The van der Waals surface area contributed by atoms with Crippen LogP contribution in [0.25, 0.3) is 5.00 Å². The number of carbonyl (C=O) groups excluding carboxylic acids is 2. The average molecular weight is 500 g/mol. The fourth-order valence-electron chi connectivity index (χ4n) is 3.86. The summed E-state index contributed by atoms with van der Waals surface area (Å²) < 4.78 is 7.08. The van der Waals surface area contributed by atoms with Gasteiger partial charge in [0.15, 0.2) is 5.82 Å². The number of esters is 1. The third-order valence-electron chi connectivity index (χ3n) is 5.53. The number of aliphatic imine (C=N–C) groups is 1. The van der Waals surface area contributed by atoms with Gasteiger partial charge in [0.25, 0.3) is 0 Å². The van der Waals surface area contributed by atoms with Gasteiger partial charge in [0.1, 0.15) is 23.4 Å². The number of halogens is 1. The molecule has 1 aromatic carbocycles. The molecule has 8 nitrogen and oxygen atoms in total. The lowest BCUT2D eigenvalue weighted by Gasteiger charge is -2.13. The molecule has 0 spiro atoms. The smallest absolute Gasteiger partial charge is 0.325 e. The molecule has 1 aliphatic rings. The minimum Gasteiger partial charge on any atom is -0.462 e. The maximum Gasteiger partial charge on any atom is 0.325 e. The number of aryl methyl sites for hydroxylation is 2. The Labute approximate surface area is 207 Å². The fourth-order valence-corrected chi connectivity index (χ4v) is 5.20. The lowest BCUT2D eigenvalue weighted by molar-refractivity contribution is -0.147. The second-order valence-electron chi connectivity index (χ2n) is 8.42. The molecule has 3 heterocycles. The monoisotopic (exact) mass is 499 g/mol. The second kappa shape index (κ2) is 9.68. The molecule has 0 aliphatic carbocycles. The van der Waals surface area contributed by atoms with Gasteiger partial charge in [-0.2, -0.15) is 0 Å². The summed E-state index contributed by atoms with van der Waals surface area (Å²) in [4.78, 5) is 30.9. The van der Waals surface area contributed by atoms with Gasteiger partial charge in [-0.3, -0.25) is 19.1 Å². The summed E-state index contributed by atoms with van der Waals surface area (Å²) in [6.45, 7) is 9.36. The molecular weight excluding hydrogens is 474 g/mol. The molecule has 1 N–H and O–H groups in total. The van der Waals surface area contributed by atoms with Crippen LogP contribution in [0.1, 0.15) is 59.5 Å². The van der Waals surface area contributed by atoms with Crippen molar-refractivity contribution in [2.24, 2.45) is 4.99 Å². The van der Waals surface area contributed by atoms with Crippen LogP contribution in [-0.2, 0) is 14.3 Å². The molecule has 0 fully saturated rings.